The maximum absolute atomic E-state index is 11.3. The fourth-order valence-electron chi connectivity index (χ4n) is 0.908. The van der Waals surface area contributed by atoms with Gasteiger partial charge >= 0.3 is 6.09 Å². The normalized spacial score (nSPS) is 13.4. The molecule has 0 aromatic heterocycles. The van der Waals surface area contributed by atoms with Crippen LogP contribution in [0.1, 0.15) is 20.8 Å². The summed E-state index contributed by atoms with van der Waals surface area (Å²) in [6.45, 7) is 6.26. The highest BCUT2D eigenvalue weighted by molar-refractivity contribution is 5.67. The van der Waals surface area contributed by atoms with Crippen molar-refractivity contribution in [3.63, 3.8) is 0 Å². The van der Waals surface area contributed by atoms with Crippen molar-refractivity contribution in [3.05, 3.63) is 0 Å². The van der Waals surface area contributed by atoms with Crippen LogP contribution in [0.15, 0.2) is 0 Å². The molecule has 0 aliphatic heterocycles. The molecule has 15 heavy (non-hydrogen) atoms. The largest absolute Gasteiger partial charge is 0.444 e. The highest BCUT2D eigenvalue weighted by Crippen LogP contribution is 2.06. The summed E-state index contributed by atoms with van der Waals surface area (Å²) >= 11 is 0. The molecule has 0 aromatic carbocycles. The average Bonchev–Trinajstić information content (AvgIpc) is 2.09. The van der Waals surface area contributed by atoms with Crippen molar-refractivity contribution < 1.29 is 19.0 Å². The molecule has 0 radical (unpaired) electrons. The Bertz CT molecular complexity index is 188. The smallest absolute Gasteiger partial charge is 0.407 e. The molecule has 0 heterocycles. The van der Waals surface area contributed by atoms with Gasteiger partial charge in [-0.3, -0.25) is 0 Å². The van der Waals surface area contributed by atoms with Crippen molar-refractivity contribution in [2.75, 3.05) is 27.4 Å². The van der Waals surface area contributed by atoms with Crippen LogP contribution in [0.2, 0.25) is 0 Å². The number of alkyl carbamates (subject to hydrolysis) is 1. The van der Waals surface area contributed by atoms with Gasteiger partial charge in [-0.25, -0.2) is 4.79 Å². The summed E-state index contributed by atoms with van der Waals surface area (Å²) in [4.78, 5) is 11.3. The second-order valence-corrected chi connectivity index (χ2v) is 4.20. The van der Waals surface area contributed by atoms with Crippen molar-refractivity contribution in [2.45, 2.75) is 32.5 Å². The standard InChI is InChI=1S/C10H21NO4/c1-10(2,3)15-9(12)11-6-8(14-5)7-13-4/h8H,6-7H2,1-5H3,(H,11,12)/t8-/m0/s1. The van der Waals surface area contributed by atoms with Crippen molar-refractivity contribution in [1.82, 2.24) is 5.32 Å². The fraction of sp³-hybridized carbons (Fsp3) is 0.900. The first-order chi connectivity index (χ1) is 6.89. The van der Waals surface area contributed by atoms with Crippen molar-refractivity contribution in [3.8, 4) is 0 Å². The Morgan fingerprint density at radius 1 is 1.33 bits per heavy atom. The van der Waals surface area contributed by atoms with E-state index < -0.39 is 11.7 Å². The van der Waals surface area contributed by atoms with Gasteiger partial charge in [-0.15, -0.1) is 0 Å². The molecular weight excluding hydrogens is 198 g/mol. The Balaban J connectivity index is 3.78. The molecule has 1 atom stereocenters. The van der Waals surface area contributed by atoms with Crippen molar-refractivity contribution >= 4 is 6.09 Å². The van der Waals surface area contributed by atoms with E-state index in [1.807, 2.05) is 20.8 Å². The van der Waals surface area contributed by atoms with Gasteiger partial charge in [-0.1, -0.05) is 0 Å². The summed E-state index contributed by atoms with van der Waals surface area (Å²) in [6, 6.07) is 0. The Morgan fingerprint density at radius 2 is 1.93 bits per heavy atom. The Kier molecular flexibility index (Phi) is 6.27. The van der Waals surface area contributed by atoms with Gasteiger partial charge < -0.3 is 19.5 Å². The number of nitrogens with one attached hydrogen (secondary N) is 1. The number of carbonyl (C=O) groups excluding carboxylic acids is 1. The van der Waals surface area contributed by atoms with Gasteiger partial charge in [0, 0.05) is 20.8 Å². The molecule has 5 nitrogen and oxygen atoms in total. The lowest BCUT2D eigenvalue weighted by molar-refractivity contribution is 0.0207. The first-order valence-corrected chi connectivity index (χ1v) is 4.87. The van der Waals surface area contributed by atoms with Crippen LogP contribution in [0.5, 0.6) is 0 Å². The third kappa shape index (κ3) is 8.20. The van der Waals surface area contributed by atoms with Gasteiger partial charge in [-0.2, -0.15) is 0 Å². The summed E-state index contributed by atoms with van der Waals surface area (Å²) in [7, 11) is 3.15. The molecule has 0 unspecified atom stereocenters. The van der Waals surface area contributed by atoms with E-state index in [4.69, 9.17) is 14.2 Å². The van der Waals surface area contributed by atoms with E-state index in [9.17, 15) is 4.79 Å². The van der Waals surface area contributed by atoms with Crippen LogP contribution in [0.3, 0.4) is 0 Å². The molecule has 5 heteroatoms. The Morgan fingerprint density at radius 3 is 2.33 bits per heavy atom. The lowest BCUT2D eigenvalue weighted by atomic mass is 10.2. The molecule has 1 amide bonds. The Hall–Kier alpha value is -0.810. The molecule has 0 saturated carbocycles. The van der Waals surface area contributed by atoms with Crippen molar-refractivity contribution in [2.24, 2.45) is 0 Å². The van der Waals surface area contributed by atoms with Crippen LogP contribution in [0.4, 0.5) is 4.79 Å². The van der Waals surface area contributed by atoms with Crippen LogP contribution in [0.25, 0.3) is 0 Å². The second kappa shape index (κ2) is 6.63. The summed E-state index contributed by atoms with van der Waals surface area (Å²) in [6.07, 6.45) is -0.594. The molecule has 0 rings (SSSR count). The quantitative estimate of drug-likeness (QED) is 0.754. The molecule has 1 N–H and O–H groups in total. The zero-order valence-corrected chi connectivity index (χ0v) is 10.1. The molecule has 0 spiro atoms. The summed E-state index contributed by atoms with van der Waals surface area (Å²) in [5.41, 5.74) is -0.478. The first kappa shape index (κ1) is 14.2. The van der Waals surface area contributed by atoms with Gasteiger partial charge in [0.25, 0.3) is 0 Å². The first-order valence-electron chi connectivity index (χ1n) is 4.87. The third-order valence-electron chi connectivity index (χ3n) is 1.56. The predicted octanol–water partition coefficient (Wildman–Crippen LogP) is 1.17. The number of hydrogen-bond acceptors (Lipinski definition) is 4. The van der Waals surface area contributed by atoms with Crippen LogP contribution in [-0.4, -0.2) is 45.2 Å². The lowest BCUT2D eigenvalue weighted by Gasteiger charge is -2.21. The van der Waals surface area contributed by atoms with E-state index >= 15 is 0 Å². The average molecular weight is 219 g/mol. The monoisotopic (exact) mass is 219 g/mol. The topological polar surface area (TPSA) is 56.8 Å². The van der Waals surface area contributed by atoms with Crippen molar-refractivity contribution in [1.29, 1.82) is 0 Å². The molecule has 0 fully saturated rings. The van der Waals surface area contributed by atoms with Crippen LogP contribution in [-0.2, 0) is 14.2 Å². The molecule has 0 aliphatic rings. The zero-order valence-electron chi connectivity index (χ0n) is 10.1. The molecule has 0 aliphatic carbocycles. The van der Waals surface area contributed by atoms with Crippen LogP contribution < -0.4 is 5.32 Å². The van der Waals surface area contributed by atoms with E-state index in [0.717, 1.165) is 0 Å². The molecule has 0 saturated heterocycles. The highest BCUT2D eigenvalue weighted by atomic mass is 16.6. The molecular formula is C10H21NO4. The minimum atomic E-state index is -0.478. The molecule has 90 valence electrons. The van der Waals surface area contributed by atoms with Gasteiger partial charge in [-0.05, 0) is 20.8 Å². The fourth-order valence-corrected chi connectivity index (χ4v) is 0.908. The van der Waals surface area contributed by atoms with E-state index in [1.165, 1.54) is 0 Å². The van der Waals surface area contributed by atoms with E-state index in [2.05, 4.69) is 5.32 Å². The van der Waals surface area contributed by atoms with Crippen LogP contribution >= 0.6 is 0 Å². The number of methoxy groups -OCH3 is 2. The highest BCUT2D eigenvalue weighted by Gasteiger charge is 2.17. The molecule has 0 bridgehead atoms. The number of ether oxygens (including phenoxy) is 3. The van der Waals surface area contributed by atoms with E-state index in [0.29, 0.717) is 13.2 Å². The lowest BCUT2D eigenvalue weighted by Crippen LogP contribution is -2.38. The zero-order chi connectivity index (χ0) is 11.9. The summed E-state index contributed by atoms with van der Waals surface area (Å²) < 4.78 is 15.1. The predicted molar refractivity (Wildman–Crippen MR) is 56.9 cm³/mol. The summed E-state index contributed by atoms with van der Waals surface area (Å²) in [5.74, 6) is 0. The third-order valence-corrected chi connectivity index (χ3v) is 1.56. The van der Waals surface area contributed by atoms with Crippen LogP contribution in [0, 0.1) is 0 Å². The minimum Gasteiger partial charge on any atom is -0.444 e. The number of amides is 1. The van der Waals surface area contributed by atoms with Gasteiger partial charge in [0.1, 0.15) is 5.60 Å². The van der Waals surface area contributed by atoms with E-state index in [1.54, 1.807) is 14.2 Å². The molecule has 0 aromatic rings. The minimum absolute atomic E-state index is 0.150. The Labute approximate surface area is 91.1 Å². The summed E-state index contributed by atoms with van der Waals surface area (Å²) in [5, 5.41) is 2.61. The van der Waals surface area contributed by atoms with Gasteiger partial charge in [0.2, 0.25) is 0 Å². The van der Waals surface area contributed by atoms with Gasteiger partial charge in [0.05, 0.1) is 12.7 Å². The maximum Gasteiger partial charge on any atom is 0.407 e. The van der Waals surface area contributed by atoms with Gasteiger partial charge in [0.15, 0.2) is 0 Å². The maximum atomic E-state index is 11.3. The SMILES string of the molecule is COC[C@H](CNC(=O)OC(C)(C)C)OC. The number of rotatable bonds is 5. The number of hydrogen-bond donors (Lipinski definition) is 1. The van der Waals surface area contributed by atoms with E-state index in [-0.39, 0.29) is 6.10 Å². The number of carbonyl (C=O) groups is 1. The second-order valence-electron chi connectivity index (χ2n) is 4.20.